The van der Waals surface area contributed by atoms with Gasteiger partial charge in [-0.25, -0.2) is 0 Å². The van der Waals surface area contributed by atoms with Crippen molar-refractivity contribution in [3.63, 3.8) is 0 Å². The number of hydrogen-bond donors (Lipinski definition) is 1. The van der Waals surface area contributed by atoms with Crippen LogP contribution in [-0.4, -0.2) is 29.2 Å². The third kappa shape index (κ3) is 2.31. The van der Waals surface area contributed by atoms with Gasteiger partial charge in [0.2, 0.25) is 0 Å². The van der Waals surface area contributed by atoms with Crippen LogP contribution >= 0.6 is 0 Å². The van der Waals surface area contributed by atoms with Crippen LogP contribution in [0.2, 0.25) is 0 Å². The summed E-state index contributed by atoms with van der Waals surface area (Å²) in [6.07, 6.45) is -11.4. The number of nitrogens with zero attached hydrogens (tertiary/aromatic N) is 1. The molecule has 0 rings (SSSR count). The van der Waals surface area contributed by atoms with Crippen molar-refractivity contribution in [1.29, 1.82) is 5.26 Å². The summed E-state index contributed by atoms with van der Waals surface area (Å²) in [5.41, 5.74) is 0. The van der Waals surface area contributed by atoms with Crippen molar-refractivity contribution in [3.8, 4) is 6.07 Å². The lowest BCUT2D eigenvalue weighted by molar-refractivity contribution is -0.370. The molecule has 0 aromatic rings. The smallest absolute Gasteiger partial charge is 0.385 e. The highest BCUT2D eigenvalue weighted by molar-refractivity contribution is 4.98. The van der Waals surface area contributed by atoms with E-state index in [1.807, 2.05) is 0 Å². The van der Waals surface area contributed by atoms with Gasteiger partial charge in [-0.15, -0.1) is 0 Å². The van der Waals surface area contributed by atoms with Gasteiger partial charge in [0.15, 0.2) is 0 Å². The van der Waals surface area contributed by atoms with Crippen molar-refractivity contribution in [3.05, 3.63) is 0 Å². The summed E-state index contributed by atoms with van der Waals surface area (Å²) in [6, 6.07) is 0.866. The Balaban J connectivity index is 5.11. The van der Waals surface area contributed by atoms with Crippen molar-refractivity contribution >= 4 is 0 Å². The van der Waals surface area contributed by atoms with Crippen LogP contribution < -0.4 is 0 Å². The molecule has 0 fully saturated rings. The number of nitriles is 1. The Morgan fingerprint density at radius 3 is 1.73 bits per heavy atom. The van der Waals surface area contributed by atoms with Crippen LogP contribution in [0.1, 0.15) is 6.42 Å². The Bertz CT molecular complexity index is 266. The molecule has 1 unspecified atom stereocenters. The van der Waals surface area contributed by atoms with Gasteiger partial charge in [0.1, 0.15) is 6.10 Å². The van der Waals surface area contributed by atoms with Gasteiger partial charge in [0.25, 0.3) is 0 Å². The van der Waals surface area contributed by atoms with Crippen molar-refractivity contribution < 1.29 is 35.8 Å². The highest BCUT2D eigenvalue weighted by Crippen LogP contribution is 2.48. The van der Waals surface area contributed by atoms with Gasteiger partial charge in [-0.05, 0) is 0 Å². The number of aliphatic hydroxyl groups is 1. The molecule has 1 atom stereocenters. The first-order chi connectivity index (χ1) is 6.48. The Morgan fingerprint density at radius 1 is 1.07 bits per heavy atom. The van der Waals surface area contributed by atoms with Crippen LogP contribution in [0.5, 0.6) is 0 Å². The van der Waals surface area contributed by atoms with E-state index in [0.29, 0.717) is 0 Å². The number of hydrogen-bond acceptors (Lipinski definition) is 2. The van der Waals surface area contributed by atoms with Crippen LogP contribution in [0.3, 0.4) is 0 Å². The fourth-order valence-corrected chi connectivity index (χ4v) is 0.613. The second-order valence-corrected chi connectivity index (χ2v) is 2.57. The van der Waals surface area contributed by atoms with Crippen LogP contribution in [0.15, 0.2) is 0 Å². The van der Waals surface area contributed by atoms with E-state index < -0.39 is 30.5 Å². The Morgan fingerprint density at radius 2 is 1.47 bits per heavy atom. The molecule has 1 N–H and O–H groups in total. The Hall–Kier alpha value is -1.04. The summed E-state index contributed by atoms with van der Waals surface area (Å²) < 4.78 is 83.6. The third-order valence-electron chi connectivity index (χ3n) is 1.48. The summed E-state index contributed by atoms with van der Waals surface area (Å²) in [5, 5.41) is 16.1. The molecule has 0 amide bonds. The van der Waals surface area contributed by atoms with Gasteiger partial charge >= 0.3 is 18.0 Å². The van der Waals surface area contributed by atoms with Gasteiger partial charge in [-0.3, -0.25) is 0 Å². The van der Waals surface area contributed by atoms with Crippen molar-refractivity contribution in [1.82, 2.24) is 0 Å². The molecule has 0 spiro atoms. The predicted octanol–water partition coefficient (Wildman–Crippen LogP) is 2.09. The maximum Gasteiger partial charge on any atom is 0.459 e. The molecule has 0 radical (unpaired) electrons. The molecular weight excluding hydrogens is 235 g/mol. The minimum atomic E-state index is -6.49. The summed E-state index contributed by atoms with van der Waals surface area (Å²) >= 11 is 0. The van der Waals surface area contributed by atoms with Crippen LogP contribution in [0.25, 0.3) is 0 Å². The highest BCUT2D eigenvalue weighted by atomic mass is 19.4. The number of rotatable bonds is 3. The first-order valence-electron chi connectivity index (χ1n) is 3.36. The number of alkyl halides is 7. The Kier molecular flexibility index (Phi) is 3.58. The van der Waals surface area contributed by atoms with Crippen LogP contribution in [-0.2, 0) is 0 Å². The van der Waals surface area contributed by atoms with E-state index in [1.54, 1.807) is 0 Å². The Labute approximate surface area is 78.9 Å². The average Bonchev–Trinajstić information content (AvgIpc) is 2.02. The van der Waals surface area contributed by atoms with Crippen molar-refractivity contribution in [2.45, 2.75) is 30.5 Å². The molecule has 0 aromatic heterocycles. The summed E-state index contributed by atoms with van der Waals surface area (Å²) in [5.74, 6) is -12.1. The topological polar surface area (TPSA) is 44.0 Å². The lowest BCUT2D eigenvalue weighted by Gasteiger charge is -2.30. The molecule has 0 saturated carbocycles. The molecule has 0 aliphatic rings. The zero-order valence-electron chi connectivity index (χ0n) is 6.82. The second-order valence-electron chi connectivity index (χ2n) is 2.57. The molecule has 0 saturated heterocycles. The van der Waals surface area contributed by atoms with Crippen LogP contribution in [0, 0.1) is 11.3 Å². The second kappa shape index (κ2) is 3.84. The monoisotopic (exact) mass is 239 g/mol. The maximum atomic E-state index is 12.4. The van der Waals surface area contributed by atoms with Gasteiger partial charge in [0, 0.05) is 0 Å². The van der Waals surface area contributed by atoms with Gasteiger partial charge in [-0.2, -0.15) is 36.0 Å². The van der Waals surface area contributed by atoms with E-state index in [-0.39, 0.29) is 0 Å². The average molecular weight is 239 g/mol. The van der Waals surface area contributed by atoms with E-state index in [9.17, 15) is 30.7 Å². The molecule has 15 heavy (non-hydrogen) atoms. The molecule has 0 bridgehead atoms. The fraction of sp³-hybridized carbons (Fsp3) is 0.833. The fourth-order valence-electron chi connectivity index (χ4n) is 0.613. The van der Waals surface area contributed by atoms with Gasteiger partial charge in [0.05, 0.1) is 12.5 Å². The molecular formula is C6H4F7NO. The van der Waals surface area contributed by atoms with E-state index in [1.165, 1.54) is 0 Å². The van der Waals surface area contributed by atoms with E-state index in [0.717, 1.165) is 6.07 Å². The SMILES string of the molecule is N#CCC(O)C(F)(F)C(F)(F)C(F)(F)F. The van der Waals surface area contributed by atoms with E-state index in [2.05, 4.69) is 0 Å². The molecule has 0 aliphatic heterocycles. The zero-order valence-corrected chi connectivity index (χ0v) is 6.82. The predicted molar refractivity (Wildman–Crippen MR) is 32.2 cm³/mol. The molecule has 0 heterocycles. The van der Waals surface area contributed by atoms with Crippen LogP contribution in [0.4, 0.5) is 30.7 Å². The van der Waals surface area contributed by atoms with Crippen molar-refractivity contribution in [2.24, 2.45) is 0 Å². The lowest BCUT2D eigenvalue weighted by atomic mass is 10.0. The molecule has 0 aliphatic carbocycles. The molecule has 2 nitrogen and oxygen atoms in total. The van der Waals surface area contributed by atoms with Gasteiger partial charge < -0.3 is 5.11 Å². The zero-order chi connectivity index (χ0) is 12.5. The summed E-state index contributed by atoms with van der Waals surface area (Å²) in [4.78, 5) is 0. The minimum Gasteiger partial charge on any atom is -0.385 e. The summed E-state index contributed by atoms with van der Waals surface area (Å²) in [7, 11) is 0. The summed E-state index contributed by atoms with van der Waals surface area (Å²) in [6.45, 7) is 0. The quantitative estimate of drug-likeness (QED) is 0.766. The van der Waals surface area contributed by atoms with Crippen molar-refractivity contribution in [2.75, 3.05) is 0 Å². The number of aliphatic hydroxyl groups excluding tert-OH is 1. The minimum absolute atomic E-state index is 0.866. The standard InChI is InChI=1S/C6H4F7NO/c7-4(8,3(15)1-2-14)5(9,10)6(11,12)13/h3,15H,1H2. The first kappa shape index (κ1) is 14.0. The van der Waals surface area contributed by atoms with Gasteiger partial charge in [-0.1, -0.05) is 0 Å². The third-order valence-corrected chi connectivity index (χ3v) is 1.48. The molecule has 9 heteroatoms. The van der Waals surface area contributed by atoms with E-state index >= 15 is 0 Å². The highest BCUT2D eigenvalue weighted by Gasteiger charge is 2.75. The number of halogens is 7. The molecule has 0 aromatic carbocycles. The largest absolute Gasteiger partial charge is 0.459 e. The lowest BCUT2D eigenvalue weighted by Crippen LogP contribution is -2.57. The first-order valence-corrected chi connectivity index (χ1v) is 3.36. The van der Waals surface area contributed by atoms with E-state index in [4.69, 9.17) is 10.4 Å². The molecule has 88 valence electrons. The maximum absolute atomic E-state index is 12.4. The normalized spacial score (nSPS) is 15.9.